The molecule has 0 amide bonds. The van der Waals surface area contributed by atoms with Gasteiger partial charge in [-0.3, -0.25) is 0 Å². The fourth-order valence-electron chi connectivity index (χ4n) is 3.25. The highest BCUT2D eigenvalue weighted by atomic mass is 79.9. The summed E-state index contributed by atoms with van der Waals surface area (Å²) in [5.41, 5.74) is 3.35. The Morgan fingerprint density at radius 2 is 1.57 bits per heavy atom. The first-order valence-electron chi connectivity index (χ1n) is 10.1. The van der Waals surface area contributed by atoms with Crippen LogP contribution >= 0.6 is 15.9 Å². The topological polar surface area (TPSA) is 73.7 Å². The number of hydrogen-bond acceptors (Lipinski definition) is 4. The summed E-state index contributed by atoms with van der Waals surface area (Å²) in [5.74, 6) is -1.48. The largest absolute Gasteiger partial charge is 0.505 e. The maximum absolute atomic E-state index is 11.7. The van der Waals surface area contributed by atoms with E-state index >= 15 is 0 Å². The van der Waals surface area contributed by atoms with E-state index in [0.717, 1.165) is 15.6 Å². The summed E-state index contributed by atoms with van der Waals surface area (Å²) in [6.07, 6.45) is 0. The molecule has 0 unspecified atom stereocenters. The maximum Gasteiger partial charge on any atom is 0.340 e. The van der Waals surface area contributed by atoms with Crippen LogP contribution in [0.15, 0.2) is 40.9 Å². The number of hydrogen-bond donors (Lipinski definition) is 2. The van der Waals surface area contributed by atoms with Crippen LogP contribution in [-0.2, 0) is 0 Å². The van der Waals surface area contributed by atoms with Gasteiger partial charge in [-0.25, -0.2) is 9.78 Å². The summed E-state index contributed by atoms with van der Waals surface area (Å²) in [5, 5.41) is 20.5. The van der Waals surface area contributed by atoms with Crippen LogP contribution in [0.4, 0.5) is 0 Å². The van der Waals surface area contributed by atoms with Crippen LogP contribution in [0.25, 0.3) is 22.2 Å². The van der Waals surface area contributed by atoms with Crippen molar-refractivity contribution in [3.8, 4) is 17.0 Å². The number of halogens is 1. The first kappa shape index (κ1) is 23.8. The molecule has 0 bridgehead atoms. The maximum atomic E-state index is 11.7. The average molecular weight is 473 g/mol. The first-order valence-corrected chi connectivity index (χ1v) is 10.9. The van der Waals surface area contributed by atoms with Gasteiger partial charge >= 0.3 is 5.97 Å². The lowest BCUT2D eigenvalue weighted by atomic mass is 9.98. The summed E-state index contributed by atoms with van der Waals surface area (Å²) < 4.78 is 0.895. The van der Waals surface area contributed by atoms with Gasteiger partial charge in [0.25, 0.3) is 0 Å². The van der Waals surface area contributed by atoms with Crippen molar-refractivity contribution in [2.24, 2.45) is 0 Å². The van der Waals surface area contributed by atoms with Crippen LogP contribution in [0.5, 0.6) is 5.75 Å². The zero-order valence-electron chi connectivity index (χ0n) is 18.2. The standard InChI is InChI=1S/C18H14BrNO3.C6H15N/c1-9-3-8-13-14(18(22)23)17(21)16(20-15(13)10(9)2)11-4-6-12(19)7-5-11;1-4-7(5-2)6-3/h3-8,21H,1-2H3,(H,22,23);4-6H2,1-3H3. The molecule has 30 heavy (non-hydrogen) atoms. The lowest BCUT2D eigenvalue weighted by molar-refractivity contribution is 0.0696. The smallest absolute Gasteiger partial charge is 0.340 e. The van der Waals surface area contributed by atoms with Gasteiger partial charge in [-0.15, -0.1) is 0 Å². The van der Waals surface area contributed by atoms with Crippen molar-refractivity contribution in [3.63, 3.8) is 0 Å². The molecule has 5 nitrogen and oxygen atoms in total. The third-order valence-corrected chi connectivity index (χ3v) is 5.86. The van der Waals surface area contributed by atoms with Gasteiger partial charge in [0.1, 0.15) is 11.3 Å². The summed E-state index contributed by atoms with van der Waals surface area (Å²) in [6, 6.07) is 10.8. The van der Waals surface area contributed by atoms with Crippen molar-refractivity contribution in [3.05, 3.63) is 57.6 Å². The van der Waals surface area contributed by atoms with Gasteiger partial charge in [0, 0.05) is 15.4 Å². The van der Waals surface area contributed by atoms with E-state index in [1.54, 1.807) is 18.2 Å². The normalized spacial score (nSPS) is 10.8. The molecule has 160 valence electrons. The van der Waals surface area contributed by atoms with Crippen molar-refractivity contribution in [2.75, 3.05) is 19.6 Å². The molecule has 0 aliphatic heterocycles. The Bertz CT molecular complexity index is 1020. The summed E-state index contributed by atoms with van der Waals surface area (Å²) in [4.78, 5) is 18.6. The number of aromatic carboxylic acids is 1. The minimum Gasteiger partial charge on any atom is -0.505 e. The van der Waals surface area contributed by atoms with Crippen LogP contribution < -0.4 is 0 Å². The fourth-order valence-corrected chi connectivity index (χ4v) is 3.52. The predicted octanol–water partition coefficient (Wildman–Crippen LogP) is 6.03. The van der Waals surface area contributed by atoms with Crippen LogP contribution in [-0.4, -0.2) is 45.7 Å². The Balaban J connectivity index is 0.000000396. The molecule has 0 aliphatic rings. The average Bonchev–Trinajstić information content (AvgIpc) is 2.73. The SMILES string of the molecule is CCN(CC)CC.Cc1ccc2c(C(=O)O)c(O)c(-c3ccc(Br)cc3)nc2c1C. The van der Waals surface area contributed by atoms with Gasteiger partial charge in [0.15, 0.2) is 5.75 Å². The molecule has 2 aromatic carbocycles. The molecule has 0 atom stereocenters. The second kappa shape index (κ2) is 10.5. The van der Waals surface area contributed by atoms with Crippen molar-refractivity contribution in [1.82, 2.24) is 9.88 Å². The number of carboxylic acids is 1. The first-order chi connectivity index (χ1) is 14.2. The Morgan fingerprint density at radius 1 is 1.00 bits per heavy atom. The number of aryl methyl sites for hydroxylation is 2. The molecule has 0 saturated heterocycles. The highest BCUT2D eigenvalue weighted by Gasteiger charge is 2.22. The second-order valence-electron chi connectivity index (χ2n) is 7.02. The molecular formula is C24H29BrN2O3. The number of fused-ring (bicyclic) bond motifs is 1. The van der Waals surface area contributed by atoms with Crippen molar-refractivity contribution in [2.45, 2.75) is 34.6 Å². The number of aromatic hydroxyl groups is 1. The van der Waals surface area contributed by atoms with E-state index in [1.165, 1.54) is 19.6 Å². The van der Waals surface area contributed by atoms with E-state index < -0.39 is 5.97 Å². The molecule has 0 aliphatic carbocycles. The number of carboxylic acid groups (broad SMARTS) is 1. The third-order valence-electron chi connectivity index (χ3n) is 5.33. The molecule has 1 aromatic heterocycles. The van der Waals surface area contributed by atoms with E-state index in [4.69, 9.17) is 0 Å². The molecule has 0 spiro atoms. The molecule has 0 saturated carbocycles. The van der Waals surface area contributed by atoms with E-state index in [0.29, 0.717) is 16.5 Å². The summed E-state index contributed by atoms with van der Waals surface area (Å²) in [7, 11) is 0. The van der Waals surface area contributed by atoms with E-state index in [-0.39, 0.29) is 17.0 Å². The summed E-state index contributed by atoms with van der Waals surface area (Å²) >= 11 is 3.36. The monoisotopic (exact) mass is 472 g/mol. The summed E-state index contributed by atoms with van der Waals surface area (Å²) in [6.45, 7) is 14.0. The highest BCUT2D eigenvalue weighted by Crippen LogP contribution is 2.37. The van der Waals surface area contributed by atoms with Gasteiger partial charge in [-0.2, -0.15) is 0 Å². The highest BCUT2D eigenvalue weighted by molar-refractivity contribution is 9.10. The van der Waals surface area contributed by atoms with Crippen LogP contribution in [0, 0.1) is 13.8 Å². The van der Waals surface area contributed by atoms with Gasteiger partial charge in [-0.1, -0.05) is 61.0 Å². The van der Waals surface area contributed by atoms with Gasteiger partial charge in [-0.05, 0) is 56.7 Å². The van der Waals surface area contributed by atoms with Crippen LogP contribution in [0.1, 0.15) is 42.3 Å². The second-order valence-corrected chi connectivity index (χ2v) is 7.93. The minimum absolute atomic E-state index is 0.115. The Hall–Kier alpha value is -2.44. The zero-order chi connectivity index (χ0) is 22.4. The Morgan fingerprint density at radius 3 is 2.03 bits per heavy atom. The van der Waals surface area contributed by atoms with Crippen molar-refractivity contribution < 1.29 is 15.0 Å². The zero-order valence-corrected chi connectivity index (χ0v) is 19.7. The molecule has 3 rings (SSSR count). The van der Waals surface area contributed by atoms with Crippen molar-refractivity contribution in [1.29, 1.82) is 0 Å². The lowest BCUT2D eigenvalue weighted by Crippen LogP contribution is -2.21. The number of benzene rings is 2. The fraction of sp³-hybridized carbons (Fsp3) is 0.333. The van der Waals surface area contributed by atoms with E-state index in [2.05, 4.69) is 46.6 Å². The molecule has 0 radical (unpaired) electrons. The predicted molar refractivity (Wildman–Crippen MR) is 126 cm³/mol. The molecule has 2 N–H and O–H groups in total. The third kappa shape index (κ3) is 5.18. The van der Waals surface area contributed by atoms with E-state index in [9.17, 15) is 15.0 Å². The minimum atomic E-state index is -1.17. The number of rotatable bonds is 5. The number of pyridine rings is 1. The van der Waals surface area contributed by atoms with Crippen LogP contribution in [0.2, 0.25) is 0 Å². The molecule has 3 aromatic rings. The van der Waals surface area contributed by atoms with Crippen molar-refractivity contribution >= 4 is 32.8 Å². The van der Waals surface area contributed by atoms with Crippen LogP contribution in [0.3, 0.4) is 0 Å². The molecule has 0 fully saturated rings. The number of nitrogens with zero attached hydrogens (tertiary/aromatic N) is 2. The van der Waals surface area contributed by atoms with Gasteiger partial charge in [0.2, 0.25) is 0 Å². The lowest BCUT2D eigenvalue weighted by Gasteiger charge is -2.13. The molecular weight excluding hydrogens is 444 g/mol. The Kier molecular flexibility index (Phi) is 8.38. The molecule has 1 heterocycles. The molecule has 6 heteroatoms. The number of aromatic nitrogens is 1. The Labute approximate surface area is 186 Å². The van der Waals surface area contributed by atoms with Gasteiger partial charge in [0.05, 0.1) is 5.52 Å². The van der Waals surface area contributed by atoms with Gasteiger partial charge < -0.3 is 15.1 Å². The quantitative estimate of drug-likeness (QED) is 0.473. The van der Waals surface area contributed by atoms with E-state index in [1.807, 2.05) is 32.0 Å². The number of carbonyl (C=O) groups is 1.